The highest BCUT2D eigenvalue weighted by atomic mass is 32.2. The number of benzene rings is 1. The lowest BCUT2D eigenvalue weighted by Crippen LogP contribution is -2.45. The standard InChI is InChI=1S/C20H24N2O5S/c1-13-4-6-21(7-5-13)18(23)12-22-19(24)17(28-20(22)25)10-14-8-15(26-2)11-16(9-14)27-3/h8-11,13H,4-7,12H2,1-3H3/b17-10+. The number of amides is 3. The number of carbonyl (C=O) groups is 3. The molecule has 2 heterocycles. The highest BCUT2D eigenvalue weighted by Crippen LogP contribution is 2.33. The van der Waals surface area contributed by atoms with Crippen LogP contribution < -0.4 is 9.47 Å². The Kier molecular flexibility index (Phi) is 6.28. The van der Waals surface area contributed by atoms with Crippen molar-refractivity contribution in [2.45, 2.75) is 19.8 Å². The number of ether oxygens (including phenoxy) is 2. The summed E-state index contributed by atoms with van der Waals surface area (Å²) in [5.74, 6) is 1.14. The summed E-state index contributed by atoms with van der Waals surface area (Å²) in [5, 5.41) is -0.426. The van der Waals surface area contributed by atoms with Gasteiger partial charge in [0, 0.05) is 19.2 Å². The minimum Gasteiger partial charge on any atom is -0.497 e. The normalized spacial score (nSPS) is 19.5. The molecule has 150 valence electrons. The summed E-state index contributed by atoms with van der Waals surface area (Å²) in [7, 11) is 3.08. The number of rotatable bonds is 5. The average molecular weight is 404 g/mol. The second kappa shape index (κ2) is 8.68. The predicted molar refractivity (Wildman–Crippen MR) is 107 cm³/mol. The molecule has 0 aliphatic carbocycles. The van der Waals surface area contributed by atoms with Gasteiger partial charge >= 0.3 is 0 Å². The summed E-state index contributed by atoms with van der Waals surface area (Å²) in [6.45, 7) is 3.31. The Bertz CT molecular complexity index is 793. The number of imide groups is 1. The lowest BCUT2D eigenvalue weighted by molar-refractivity contribution is -0.136. The molecule has 2 aliphatic rings. The molecule has 0 unspecified atom stereocenters. The van der Waals surface area contributed by atoms with E-state index in [4.69, 9.17) is 9.47 Å². The average Bonchev–Trinajstić information content (AvgIpc) is 2.95. The monoisotopic (exact) mass is 404 g/mol. The van der Waals surface area contributed by atoms with E-state index < -0.39 is 11.1 Å². The molecule has 0 aromatic heterocycles. The first-order chi connectivity index (χ1) is 13.4. The van der Waals surface area contributed by atoms with E-state index in [1.807, 2.05) is 0 Å². The number of nitrogens with zero attached hydrogens (tertiary/aromatic N) is 2. The number of methoxy groups -OCH3 is 2. The van der Waals surface area contributed by atoms with Gasteiger partial charge in [0.05, 0.1) is 19.1 Å². The smallest absolute Gasteiger partial charge is 0.294 e. The molecular weight excluding hydrogens is 380 g/mol. The molecule has 3 rings (SSSR count). The van der Waals surface area contributed by atoms with Crippen LogP contribution in [0.4, 0.5) is 4.79 Å². The van der Waals surface area contributed by atoms with Crippen molar-refractivity contribution in [1.29, 1.82) is 0 Å². The molecule has 0 spiro atoms. The van der Waals surface area contributed by atoms with E-state index in [1.54, 1.807) is 43.4 Å². The van der Waals surface area contributed by atoms with E-state index >= 15 is 0 Å². The highest BCUT2D eigenvalue weighted by Gasteiger charge is 2.37. The third-order valence-corrected chi connectivity index (χ3v) is 5.88. The minimum absolute atomic E-state index is 0.182. The second-order valence-corrected chi connectivity index (χ2v) is 7.97. The maximum Gasteiger partial charge on any atom is 0.294 e. The van der Waals surface area contributed by atoms with E-state index in [-0.39, 0.29) is 17.4 Å². The zero-order chi connectivity index (χ0) is 20.3. The Morgan fingerprint density at radius 3 is 2.32 bits per heavy atom. The molecule has 0 N–H and O–H groups in total. The molecule has 0 radical (unpaired) electrons. The van der Waals surface area contributed by atoms with Crippen LogP contribution in [-0.2, 0) is 9.59 Å². The minimum atomic E-state index is -0.449. The highest BCUT2D eigenvalue weighted by molar-refractivity contribution is 8.18. The van der Waals surface area contributed by atoms with Gasteiger partial charge in [-0.05, 0) is 54.3 Å². The number of carbonyl (C=O) groups excluding carboxylic acids is 3. The van der Waals surface area contributed by atoms with Crippen molar-refractivity contribution in [1.82, 2.24) is 9.80 Å². The first-order valence-corrected chi connectivity index (χ1v) is 9.99. The molecule has 8 heteroatoms. The zero-order valence-corrected chi connectivity index (χ0v) is 17.1. The summed E-state index contributed by atoms with van der Waals surface area (Å²) in [5.41, 5.74) is 0.679. The quantitative estimate of drug-likeness (QED) is 0.703. The first kappa shape index (κ1) is 20.3. The van der Waals surface area contributed by atoms with Crippen LogP contribution in [-0.4, -0.2) is 60.7 Å². The van der Waals surface area contributed by atoms with Crippen LogP contribution >= 0.6 is 11.8 Å². The van der Waals surface area contributed by atoms with E-state index in [2.05, 4.69) is 6.92 Å². The van der Waals surface area contributed by atoms with Crippen molar-refractivity contribution >= 4 is 34.9 Å². The maximum atomic E-state index is 12.7. The third kappa shape index (κ3) is 4.49. The Balaban J connectivity index is 1.73. The van der Waals surface area contributed by atoms with Crippen LogP contribution in [0, 0.1) is 5.92 Å². The number of piperidine rings is 1. The van der Waals surface area contributed by atoms with Gasteiger partial charge in [0.1, 0.15) is 18.0 Å². The molecule has 0 atom stereocenters. The van der Waals surface area contributed by atoms with Crippen LogP contribution in [0.5, 0.6) is 11.5 Å². The second-order valence-electron chi connectivity index (χ2n) is 6.98. The predicted octanol–water partition coefficient (Wildman–Crippen LogP) is 3.00. The van der Waals surface area contributed by atoms with Gasteiger partial charge in [-0.2, -0.15) is 0 Å². The van der Waals surface area contributed by atoms with Crippen LogP contribution in [0.3, 0.4) is 0 Å². The lowest BCUT2D eigenvalue weighted by atomic mass is 9.99. The van der Waals surface area contributed by atoms with Crippen molar-refractivity contribution < 1.29 is 23.9 Å². The topological polar surface area (TPSA) is 76.2 Å². The Morgan fingerprint density at radius 2 is 1.75 bits per heavy atom. The Morgan fingerprint density at radius 1 is 1.14 bits per heavy atom. The van der Waals surface area contributed by atoms with Crippen molar-refractivity contribution in [2.75, 3.05) is 33.9 Å². The Labute approximate surface area is 168 Å². The largest absolute Gasteiger partial charge is 0.497 e. The van der Waals surface area contributed by atoms with Crippen LogP contribution in [0.25, 0.3) is 6.08 Å². The number of hydrogen-bond acceptors (Lipinski definition) is 6. The molecule has 3 amide bonds. The first-order valence-electron chi connectivity index (χ1n) is 9.17. The molecule has 1 aromatic rings. The van der Waals surface area contributed by atoms with Gasteiger partial charge in [-0.1, -0.05) is 6.92 Å². The van der Waals surface area contributed by atoms with Gasteiger partial charge in [-0.3, -0.25) is 19.3 Å². The maximum absolute atomic E-state index is 12.7. The fourth-order valence-corrected chi connectivity index (χ4v) is 4.03. The Hall–Kier alpha value is -2.48. The third-order valence-electron chi connectivity index (χ3n) is 4.97. The van der Waals surface area contributed by atoms with Crippen LogP contribution in [0.15, 0.2) is 23.1 Å². The summed E-state index contributed by atoms with van der Waals surface area (Å²) >= 11 is 0.839. The lowest BCUT2D eigenvalue weighted by Gasteiger charge is -2.31. The SMILES string of the molecule is COc1cc(/C=C2/SC(=O)N(CC(=O)N3CCC(C)CC3)C2=O)cc(OC)c1. The fourth-order valence-electron chi connectivity index (χ4n) is 3.19. The molecule has 2 aliphatic heterocycles. The van der Waals surface area contributed by atoms with Crippen molar-refractivity contribution in [3.63, 3.8) is 0 Å². The molecule has 2 fully saturated rings. The number of thioether (sulfide) groups is 1. The van der Waals surface area contributed by atoms with Gasteiger partial charge in [-0.15, -0.1) is 0 Å². The van der Waals surface area contributed by atoms with Gasteiger partial charge < -0.3 is 14.4 Å². The number of hydrogen-bond donors (Lipinski definition) is 0. The number of likely N-dealkylation sites (tertiary alicyclic amines) is 1. The summed E-state index contributed by atoms with van der Waals surface area (Å²) in [6.07, 6.45) is 3.51. The van der Waals surface area contributed by atoms with Gasteiger partial charge in [0.2, 0.25) is 5.91 Å². The van der Waals surface area contributed by atoms with E-state index in [0.29, 0.717) is 36.1 Å². The van der Waals surface area contributed by atoms with E-state index in [1.165, 1.54) is 0 Å². The molecule has 2 saturated heterocycles. The van der Waals surface area contributed by atoms with Gasteiger partial charge in [-0.25, -0.2) is 0 Å². The summed E-state index contributed by atoms with van der Waals surface area (Å²) < 4.78 is 10.5. The van der Waals surface area contributed by atoms with Crippen molar-refractivity contribution in [3.05, 3.63) is 28.7 Å². The molecule has 28 heavy (non-hydrogen) atoms. The molecule has 7 nitrogen and oxygen atoms in total. The van der Waals surface area contributed by atoms with E-state index in [9.17, 15) is 14.4 Å². The molecule has 1 aromatic carbocycles. The van der Waals surface area contributed by atoms with Crippen molar-refractivity contribution in [3.8, 4) is 11.5 Å². The molecular formula is C20H24N2O5S. The van der Waals surface area contributed by atoms with E-state index in [0.717, 1.165) is 29.5 Å². The van der Waals surface area contributed by atoms with Gasteiger partial charge in [0.25, 0.3) is 11.1 Å². The zero-order valence-electron chi connectivity index (χ0n) is 16.3. The molecule has 0 saturated carbocycles. The van der Waals surface area contributed by atoms with Gasteiger partial charge in [0.15, 0.2) is 0 Å². The summed E-state index contributed by atoms with van der Waals surface area (Å²) in [6, 6.07) is 5.22. The summed E-state index contributed by atoms with van der Waals surface area (Å²) in [4.78, 5) is 40.5. The molecule has 0 bridgehead atoms. The van der Waals surface area contributed by atoms with Crippen molar-refractivity contribution in [2.24, 2.45) is 5.92 Å². The van der Waals surface area contributed by atoms with Crippen LogP contribution in [0.1, 0.15) is 25.3 Å². The van der Waals surface area contributed by atoms with Crippen LogP contribution in [0.2, 0.25) is 0 Å². The fraction of sp³-hybridized carbons (Fsp3) is 0.450.